The highest BCUT2D eigenvalue weighted by Gasteiger charge is 2.17. The minimum absolute atomic E-state index is 0.134. The maximum atomic E-state index is 11.9. The molecular weight excluding hydrogens is 238 g/mol. The molecule has 0 saturated heterocycles. The molecule has 0 aromatic carbocycles. The molecule has 0 fully saturated rings. The van der Waals surface area contributed by atoms with Crippen LogP contribution in [0.15, 0.2) is 12.3 Å². The predicted octanol–water partition coefficient (Wildman–Crippen LogP) is 1.07. The van der Waals surface area contributed by atoms with Gasteiger partial charge in [0.25, 0.3) is 5.91 Å². The lowest BCUT2D eigenvalue weighted by Crippen LogP contribution is -2.26. The minimum atomic E-state index is -0.157. The number of hydrogen-bond donors (Lipinski definition) is 1. The number of nitrogens with zero attached hydrogens (tertiary/aromatic N) is 4. The van der Waals surface area contributed by atoms with Gasteiger partial charge in [0.15, 0.2) is 0 Å². The summed E-state index contributed by atoms with van der Waals surface area (Å²) in [5.41, 5.74) is 1.48. The number of nitrogens with one attached hydrogen (secondary N) is 1. The maximum Gasteiger partial charge on any atom is 0.265 e. The highest BCUT2D eigenvalue weighted by atomic mass is 32.1. The Labute approximate surface area is 103 Å². The van der Waals surface area contributed by atoms with Gasteiger partial charge in [0.1, 0.15) is 4.88 Å². The van der Waals surface area contributed by atoms with Crippen LogP contribution in [0, 0.1) is 6.92 Å². The van der Waals surface area contributed by atoms with E-state index in [4.69, 9.17) is 0 Å². The lowest BCUT2D eigenvalue weighted by Gasteiger charge is -2.10. The molecule has 2 rings (SSSR count). The standard InChI is InChI=1S/C10H13N5OS/c1-6(8-4-5-15(3)13-8)11-10(16)9-7(2)12-14-17-9/h4-6H,1-3H3,(H,11,16). The summed E-state index contributed by atoms with van der Waals surface area (Å²) >= 11 is 1.10. The molecule has 1 atom stereocenters. The molecule has 6 nitrogen and oxygen atoms in total. The number of rotatable bonds is 3. The van der Waals surface area contributed by atoms with Crippen molar-refractivity contribution in [2.45, 2.75) is 19.9 Å². The smallest absolute Gasteiger partial charge is 0.265 e. The molecular formula is C10H13N5OS. The van der Waals surface area contributed by atoms with Crippen molar-refractivity contribution in [3.05, 3.63) is 28.5 Å². The van der Waals surface area contributed by atoms with Crippen molar-refractivity contribution in [3.63, 3.8) is 0 Å². The van der Waals surface area contributed by atoms with Gasteiger partial charge in [-0.05, 0) is 31.4 Å². The third-order valence-corrected chi connectivity index (χ3v) is 3.21. The fraction of sp³-hybridized carbons (Fsp3) is 0.400. The Kier molecular flexibility index (Phi) is 3.19. The van der Waals surface area contributed by atoms with E-state index in [0.29, 0.717) is 10.6 Å². The first kappa shape index (κ1) is 11.7. The van der Waals surface area contributed by atoms with Gasteiger partial charge in [-0.25, -0.2) is 0 Å². The van der Waals surface area contributed by atoms with Crippen molar-refractivity contribution < 1.29 is 4.79 Å². The lowest BCUT2D eigenvalue weighted by molar-refractivity contribution is 0.0942. The van der Waals surface area contributed by atoms with E-state index in [1.165, 1.54) is 0 Å². The molecule has 17 heavy (non-hydrogen) atoms. The van der Waals surface area contributed by atoms with Crippen LogP contribution in [0.5, 0.6) is 0 Å². The monoisotopic (exact) mass is 251 g/mol. The predicted molar refractivity (Wildman–Crippen MR) is 63.7 cm³/mol. The van der Waals surface area contributed by atoms with E-state index < -0.39 is 0 Å². The fourth-order valence-corrected chi connectivity index (χ4v) is 2.00. The van der Waals surface area contributed by atoms with Crippen molar-refractivity contribution in [2.24, 2.45) is 7.05 Å². The molecule has 2 heterocycles. The molecule has 1 amide bonds. The highest BCUT2D eigenvalue weighted by Crippen LogP contribution is 2.13. The van der Waals surface area contributed by atoms with E-state index in [0.717, 1.165) is 17.2 Å². The van der Waals surface area contributed by atoms with Crippen molar-refractivity contribution in [1.82, 2.24) is 24.7 Å². The van der Waals surface area contributed by atoms with Crippen LogP contribution in [-0.4, -0.2) is 25.3 Å². The number of aromatic nitrogens is 4. The number of carbonyl (C=O) groups excluding carboxylic acids is 1. The normalized spacial score (nSPS) is 12.4. The first-order valence-corrected chi connectivity index (χ1v) is 5.94. The van der Waals surface area contributed by atoms with Crippen molar-refractivity contribution in [2.75, 3.05) is 0 Å². The van der Waals surface area contributed by atoms with Gasteiger partial charge in [-0.2, -0.15) is 5.10 Å². The molecule has 2 aromatic rings. The Hall–Kier alpha value is -1.76. The third-order valence-electron chi connectivity index (χ3n) is 2.38. The summed E-state index contributed by atoms with van der Waals surface area (Å²) in [6, 6.07) is 1.74. The summed E-state index contributed by atoms with van der Waals surface area (Å²) in [7, 11) is 1.84. The van der Waals surface area contributed by atoms with E-state index >= 15 is 0 Å². The molecule has 90 valence electrons. The number of carbonyl (C=O) groups is 1. The van der Waals surface area contributed by atoms with Crippen LogP contribution in [0.3, 0.4) is 0 Å². The van der Waals surface area contributed by atoms with Gasteiger partial charge in [0, 0.05) is 13.2 Å². The van der Waals surface area contributed by atoms with Crippen LogP contribution in [0.4, 0.5) is 0 Å². The molecule has 7 heteroatoms. The molecule has 2 aromatic heterocycles. The summed E-state index contributed by atoms with van der Waals surface area (Å²) in [5, 5.41) is 10.9. The van der Waals surface area contributed by atoms with E-state index in [1.54, 1.807) is 11.6 Å². The Morgan fingerprint density at radius 2 is 2.35 bits per heavy atom. The first-order valence-electron chi connectivity index (χ1n) is 5.17. The molecule has 0 saturated carbocycles. The molecule has 0 spiro atoms. The highest BCUT2D eigenvalue weighted by molar-refractivity contribution is 7.07. The molecule has 0 radical (unpaired) electrons. The summed E-state index contributed by atoms with van der Waals surface area (Å²) in [5.74, 6) is -0.157. The summed E-state index contributed by atoms with van der Waals surface area (Å²) in [4.78, 5) is 12.5. The summed E-state index contributed by atoms with van der Waals surface area (Å²) < 4.78 is 5.44. The van der Waals surface area contributed by atoms with Crippen molar-refractivity contribution in [1.29, 1.82) is 0 Å². The van der Waals surface area contributed by atoms with Crippen LogP contribution in [0.2, 0.25) is 0 Å². The van der Waals surface area contributed by atoms with Gasteiger partial charge in [0.2, 0.25) is 0 Å². The quantitative estimate of drug-likeness (QED) is 0.885. The van der Waals surface area contributed by atoms with Crippen molar-refractivity contribution in [3.8, 4) is 0 Å². The zero-order chi connectivity index (χ0) is 12.4. The van der Waals surface area contributed by atoms with Crippen LogP contribution in [-0.2, 0) is 7.05 Å². The van der Waals surface area contributed by atoms with E-state index in [9.17, 15) is 4.79 Å². The SMILES string of the molecule is Cc1nnsc1C(=O)NC(C)c1ccn(C)n1. The van der Waals surface area contributed by atoms with Gasteiger partial charge in [-0.3, -0.25) is 9.48 Å². The summed E-state index contributed by atoms with van der Waals surface area (Å²) in [6.45, 7) is 3.66. The van der Waals surface area contributed by atoms with E-state index in [2.05, 4.69) is 20.0 Å². The van der Waals surface area contributed by atoms with Gasteiger partial charge in [0.05, 0.1) is 17.4 Å². The second-order valence-electron chi connectivity index (χ2n) is 3.80. The van der Waals surface area contributed by atoms with Gasteiger partial charge < -0.3 is 5.32 Å². The van der Waals surface area contributed by atoms with E-state index in [-0.39, 0.29) is 11.9 Å². The molecule has 0 bridgehead atoms. The van der Waals surface area contributed by atoms with Crippen LogP contribution >= 0.6 is 11.5 Å². The number of hydrogen-bond acceptors (Lipinski definition) is 5. The Bertz CT molecular complexity index is 532. The largest absolute Gasteiger partial charge is 0.343 e. The Morgan fingerprint density at radius 1 is 1.59 bits per heavy atom. The molecule has 0 aliphatic heterocycles. The molecule has 0 aliphatic rings. The first-order chi connectivity index (χ1) is 8.08. The van der Waals surface area contributed by atoms with Crippen LogP contribution in [0.25, 0.3) is 0 Å². The van der Waals surface area contributed by atoms with Gasteiger partial charge in [-0.1, -0.05) is 4.49 Å². The van der Waals surface area contributed by atoms with Crippen LogP contribution in [0.1, 0.15) is 34.0 Å². The number of aryl methyl sites for hydroxylation is 2. The topological polar surface area (TPSA) is 72.7 Å². The lowest BCUT2D eigenvalue weighted by atomic mass is 10.2. The molecule has 1 unspecified atom stereocenters. The summed E-state index contributed by atoms with van der Waals surface area (Å²) in [6.07, 6.45) is 1.84. The van der Waals surface area contributed by atoms with E-state index in [1.807, 2.05) is 26.2 Å². The number of amides is 1. The van der Waals surface area contributed by atoms with Crippen LogP contribution < -0.4 is 5.32 Å². The average molecular weight is 251 g/mol. The molecule has 1 N–H and O–H groups in total. The Balaban J connectivity index is 2.07. The second-order valence-corrected chi connectivity index (χ2v) is 4.55. The minimum Gasteiger partial charge on any atom is -0.343 e. The third kappa shape index (κ3) is 2.50. The van der Waals surface area contributed by atoms with Gasteiger partial charge in [-0.15, -0.1) is 5.10 Å². The molecule has 0 aliphatic carbocycles. The maximum absolute atomic E-state index is 11.9. The van der Waals surface area contributed by atoms with Crippen molar-refractivity contribution >= 4 is 17.4 Å². The Morgan fingerprint density at radius 3 is 2.88 bits per heavy atom. The fourth-order valence-electron chi connectivity index (χ4n) is 1.44. The zero-order valence-corrected chi connectivity index (χ0v) is 10.7. The van der Waals surface area contributed by atoms with Gasteiger partial charge >= 0.3 is 0 Å². The zero-order valence-electron chi connectivity index (χ0n) is 9.84. The average Bonchev–Trinajstić information content (AvgIpc) is 2.86. The second kappa shape index (κ2) is 4.62.